The largest absolute Gasteiger partial charge is 0.481 e. The number of rotatable bonds is 8. The van der Waals surface area contributed by atoms with Crippen LogP contribution >= 0.6 is 11.1 Å². The number of aliphatic hydroxyl groups is 1. The smallest absolute Gasteiger partial charge is 0.410 e. The van der Waals surface area contributed by atoms with E-state index in [1.54, 1.807) is 49.3 Å². The van der Waals surface area contributed by atoms with Crippen LogP contribution in [-0.4, -0.2) is 111 Å². The van der Waals surface area contributed by atoms with Crippen molar-refractivity contribution in [2.24, 2.45) is 23.7 Å². The van der Waals surface area contributed by atoms with Gasteiger partial charge in [-0.2, -0.15) is 11.1 Å². The number of hydrogen-bond acceptors (Lipinski definition) is 8. The van der Waals surface area contributed by atoms with Gasteiger partial charge < -0.3 is 39.6 Å². The molecule has 0 aliphatic carbocycles. The van der Waals surface area contributed by atoms with Gasteiger partial charge in [0.15, 0.2) is 7.38 Å². The minimum atomic E-state index is -1.39. The number of H-pyrrole nitrogens is 1. The average molecular weight is 763 g/mol. The summed E-state index contributed by atoms with van der Waals surface area (Å²) < 4.78 is 10.6. The van der Waals surface area contributed by atoms with Gasteiger partial charge in [0, 0.05) is 45.2 Å². The number of carbonyl (C=O) groups excluding carboxylic acids is 2. The minimum absolute atomic E-state index is 0.0463. The third-order valence-corrected chi connectivity index (χ3v) is 14.0. The number of hydrogen-bond donors (Lipinski definition) is 4. The molecule has 0 radical (unpaired) electrons. The molecule has 4 N–H and O–H groups in total. The molecule has 0 aromatic carbocycles. The van der Waals surface area contributed by atoms with Crippen LogP contribution in [0.4, 0.5) is 9.59 Å². The summed E-state index contributed by atoms with van der Waals surface area (Å²) in [6.07, 6.45) is 7.47. The second-order valence-electron chi connectivity index (χ2n) is 16.6. The first-order valence-corrected chi connectivity index (χ1v) is 21.9. The number of imidazole rings is 1. The molecule has 2 aliphatic rings. The number of halogens is 1. The van der Waals surface area contributed by atoms with Crippen molar-refractivity contribution in [3.05, 3.63) is 18.7 Å². The molecule has 2 aliphatic heterocycles. The molecule has 3 rings (SSSR count). The normalized spacial score (nSPS) is 18.9. The van der Waals surface area contributed by atoms with E-state index in [1.165, 1.54) is 0 Å². The fourth-order valence-corrected chi connectivity index (χ4v) is 5.00. The van der Waals surface area contributed by atoms with E-state index in [1.807, 2.05) is 27.7 Å². The number of aliphatic hydroxyl groups excluding tert-OH is 1. The molecule has 2 fully saturated rings. The predicted molar refractivity (Wildman–Crippen MR) is 202 cm³/mol. The van der Waals surface area contributed by atoms with Gasteiger partial charge in [0.2, 0.25) is 0 Å². The highest BCUT2D eigenvalue weighted by Crippen LogP contribution is 2.38. The number of carboxylic acid groups (broad SMARTS) is 2. The topological polar surface area (TPSA) is 183 Å². The Kier molecular flexibility index (Phi) is 20.4. The zero-order valence-electron chi connectivity index (χ0n) is 33.1. The van der Waals surface area contributed by atoms with Gasteiger partial charge in [-0.3, -0.25) is 9.59 Å². The first-order valence-electron chi connectivity index (χ1n) is 17.9. The van der Waals surface area contributed by atoms with Gasteiger partial charge in [0.25, 0.3) is 0 Å². The molecule has 296 valence electrons. The molecule has 4 atom stereocenters. The Labute approximate surface area is 311 Å². The summed E-state index contributed by atoms with van der Waals surface area (Å²) in [7, 11) is -1.39. The molecule has 13 nitrogen and oxygen atoms in total. The Bertz CT molecular complexity index is 1080. The lowest BCUT2D eigenvalue weighted by Crippen LogP contribution is -2.36. The maximum atomic E-state index is 11.9. The van der Waals surface area contributed by atoms with E-state index in [9.17, 15) is 24.3 Å². The van der Waals surface area contributed by atoms with Crippen LogP contribution in [0.3, 0.4) is 0 Å². The van der Waals surface area contributed by atoms with Gasteiger partial charge in [-0.05, 0) is 84.1 Å². The van der Waals surface area contributed by atoms with Gasteiger partial charge in [-0.25, -0.2) is 14.6 Å². The number of carbonyl (C=O) groups is 4. The number of aliphatic carboxylic acids is 2. The lowest BCUT2D eigenvalue weighted by atomic mass is 9.88. The third-order valence-electron chi connectivity index (χ3n) is 8.75. The Hall–Kier alpha value is -2.84. The highest BCUT2D eigenvalue weighted by Gasteiger charge is 2.38. The van der Waals surface area contributed by atoms with Crippen LogP contribution in [0.2, 0.25) is 18.1 Å². The van der Waals surface area contributed by atoms with Crippen LogP contribution in [0.15, 0.2) is 18.7 Å². The predicted octanol–water partition coefficient (Wildman–Crippen LogP) is 7.71. The second-order valence-corrected chi connectivity index (χ2v) is 23.9. The van der Waals surface area contributed by atoms with Crippen LogP contribution in [0.1, 0.15) is 101 Å². The molecule has 3 heterocycles. The molecule has 0 bridgehead atoms. The zero-order valence-corrected chi connectivity index (χ0v) is 34.9. The molecule has 2 saturated heterocycles. The monoisotopic (exact) mass is 762 g/mol. The van der Waals surface area contributed by atoms with E-state index in [0.29, 0.717) is 44.1 Å². The van der Waals surface area contributed by atoms with Crippen molar-refractivity contribution in [3.8, 4) is 0 Å². The summed E-state index contributed by atoms with van der Waals surface area (Å²) in [5, 5.41) is 27.6. The molecule has 15 heteroatoms. The van der Waals surface area contributed by atoms with E-state index in [0.717, 1.165) is 12.8 Å². The van der Waals surface area contributed by atoms with Crippen molar-refractivity contribution in [3.63, 3.8) is 0 Å². The third kappa shape index (κ3) is 20.1. The van der Waals surface area contributed by atoms with Gasteiger partial charge >= 0.3 is 24.1 Å². The van der Waals surface area contributed by atoms with Crippen molar-refractivity contribution in [2.75, 3.05) is 32.8 Å². The number of nitrogens with one attached hydrogen (secondary N) is 1. The molecule has 1 aromatic heterocycles. The van der Waals surface area contributed by atoms with E-state index >= 15 is 0 Å². The van der Waals surface area contributed by atoms with Gasteiger partial charge in [0.05, 0.1) is 18.2 Å². The van der Waals surface area contributed by atoms with E-state index in [4.69, 9.17) is 30.8 Å². The fraction of sp³-hybridized carbons (Fsp3) is 0.806. The molecule has 0 spiro atoms. The number of amides is 2. The van der Waals surface area contributed by atoms with Crippen LogP contribution in [-0.2, 0) is 19.1 Å². The lowest BCUT2D eigenvalue weighted by molar-refractivity contribution is -0.145. The molecular weight excluding hydrogens is 696 g/mol. The summed E-state index contributed by atoms with van der Waals surface area (Å²) in [5.74, 6) is -2.68. The summed E-state index contributed by atoms with van der Waals surface area (Å²) in [6, 6.07) is 0. The van der Waals surface area contributed by atoms with Crippen molar-refractivity contribution < 1.29 is 44.0 Å². The Balaban J connectivity index is 0.000000729. The van der Waals surface area contributed by atoms with Crippen molar-refractivity contribution in [2.45, 2.75) is 131 Å². The Morgan fingerprint density at radius 3 is 1.47 bits per heavy atom. The SMILES string of the molecule is CC(C)(C)OC(=O)N1CCC(C(CCO)C(=O)O)C1.CC(C)(C)[Si](C)(C)Cl.CCCC(C(=O)O)C1CCN(C(=O)OC(C)(C)C)C1.c1c[nH]cn1. The standard InChI is InChI=1S/C14H25NO4.C13H23NO5.C6H15ClSi.C3H4N2/c1-5-6-11(12(16)17)10-7-8-15(9-10)13(18)19-14(2,3)4;1-13(2,3)19-12(18)14-6-4-9(8-14)10(5-7-15)11(16)17;1-6(2,3)8(4,5)7;1-2-5-3-4-1/h10-11H,5-9H2,1-4H3,(H,16,17);9-10,15H,4-8H2,1-3H3,(H,16,17);1-5H3;1-3H,(H,4,5). The van der Waals surface area contributed by atoms with Crippen molar-refractivity contribution in [1.29, 1.82) is 0 Å². The Morgan fingerprint density at radius 1 is 0.843 bits per heavy atom. The maximum absolute atomic E-state index is 11.9. The molecule has 4 unspecified atom stereocenters. The number of aromatic amines is 1. The zero-order chi connectivity index (χ0) is 39.8. The first kappa shape index (κ1) is 48.2. The highest BCUT2D eigenvalue weighted by atomic mass is 35.6. The van der Waals surface area contributed by atoms with Crippen molar-refractivity contribution in [1.82, 2.24) is 19.8 Å². The number of likely N-dealkylation sites (tertiary alicyclic amines) is 2. The van der Waals surface area contributed by atoms with E-state index < -0.39 is 42.5 Å². The van der Waals surface area contributed by atoms with Crippen LogP contribution < -0.4 is 0 Å². The molecule has 51 heavy (non-hydrogen) atoms. The highest BCUT2D eigenvalue weighted by molar-refractivity contribution is 7.20. The lowest BCUT2D eigenvalue weighted by Gasteiger charge is -2.29. The van der Waals surface area contributed by atoms with Crippen LogP contribution in [0, 0.1) is 23.7 Å². The number of ether oxygens (including phenoxy) is 2. The van der Waals surface area contributed by atoms with E-state index in [-0.39, 0.29) is 36.9 Å². The number of aromatic nitrogens is 2. The summed E-state index contributed by atoms with van der Waals surface area (Å²) in [6.45, 7) is 25.6. The quantitative estimate of drug-likeness (QED) is 0.151. The molecule has 1 aromatic rings. The van der Waals surface area contributed by atoms with Gasteiger partial charge in [-0.1, -0.05) is 47.2 Å². The van der Waals surface area contributed by atoms with Crippen molar-refractivity contribution >= 4 is 42.6 Å². The van der Waals surface area contributed by atoms with Crippen LogP contribution in [0.25, 0.3) is 0 Å². The van der Waals surface area contributed by atoms with E-state index in [2.05, 4.69) is 43.8 Å². The maximum Gasteiger partial charge on any atom is 0.410 e. The number of nitrogens with zero attached hydrogens (tertiary/aromatic N) is 3. The Morgan fingerprint density at radius 2 is 1.24 bits per heavy atom. The van der Waals surface area contributed by atoms with Gasteiger partial charge in [0.1, 0.15) is 11.2 Å². The number of carboxylic acids is 2. The first-order chi connectivity index (χ1) is 23.2. The van der Waals surface area contributed by atoms with Crippen LogP contribution in [0.5, 0.6) is 0 Å². The summed E-state index contributed by atoms with van der Waals surface area (Å²) in [4.78, 5) is 55.7. The second kappa shape index (κ2) is 21.6. The molecular formula is C36H67ClN4O9Si. The average Bonchev–Trinajstić information content (AvgIpc) is 3.76. The molecule has 2 amide bonds. The summed E-state index contributed by atoms with van der Waals surface area (Å²) >= 11 is 6.15. The summed E-state index contributed by atoms with van der Waals surface area (Å²) in [5.41, 5.74) is -1.06. The fourth-order valence-electron chi connectivity index (χ4n) is 5.00. The van der Waals surface area contributed by atoms with Gasteiger partial charge in [-0.15, -0.1) is 0 Å². The molecule has 0 saturated carbocycles. The minimum Gasteiger partial charge on any atom is -0.481 e.